The smallest absolute Gasteiger partial charge is 0.220 e. The summed E-state index contributed by atoms with van der Waals surface area (Å²) in [6.45, 7) is 2.92. The fourth-order valence-corrected chi connectivity index (χ4v) is 14.3. The van der Waals surface area contributed by atoms with Crippen molar-refractivity contribution in [3.8, 4) is 0 Å². The Morgan fingerprint density at radius 1 is 0.371 bits per heavy atom. The van der Waals surface area contributed by atoms with E-state index in [1.807, 2.05) is 0 Å². The van der Waals surface area contributed by atoms with Crippen molar-refractivity contribution in [3.05, 3.63) is 24.3 Å². The molecule has 0 saturated carbocycles. The summed E-state index contributed by atoms with van der Waals surface area (Å²) in [7, 11) is 0. The summed E-state index contributed by atoms with van der Waals surface area (Å²) in [4.78, 5) is 13.4. The number of unbranched alkanes of at least 4 members (excludes halogenated alkanes) is 55. The summed E-state index contributed by atoms with van der Waals surface area (Å²) in [5, 5.41) is 87.9. The molecule has 1 amide bonds. The molecule has 12 unspecified atom stereocenters. The van der Waals surface area contributed by atoms with Gasteiger partial charge in [0.05, 0.1) is 32.0 Å². The van der Waals surface area contributed by atoms with Crippen molar-refractivity contribution in [1.29, 1.82) is 0 Å². The molecule has 2 saturated heterocycles. The van der Waals surface area contributed by atoms with Crippen LogP contribution in [-0.4, -0.2) is 140 Å². The van der Waals surface area contributed by atoms with Crippen molar-refractivity contribution >= 4 is 5.91 Å². The largest absolute Gasteiger partial charge is 0.394 e. The molecule has 12 atom stereocenters. The van der Waals surface area contributed by atoms with Crippen LogP contribution in [0.5, 0.6) is 0 Å². The summed E-state index contributed by atoms with van der Waals surface area (Å²) >= 11 is 0. The molecule has 2 aliphatic rings. The fraction of sp³-hybridized carbons (Fsp3) is 0.940. The summed E-state index contributed by atoms with van der Waals surface area (Å²) < 4.78 is 23.0. The van der Waals surface area contributed by atoms with Gasteiger partial charge in [0.25, 0.3) is 0 Å². The minimum Gasteiger partial charge on any atom is -0.394 e. The zero-order valence-corrected chi connectivity index (χ0v) is 63.1. The standard InChI is InChI=1S/C83H159NO13/c1-3-5-7-9-11-13-15-17-19-21-23-25-27-28-29-30-31-32-33-34-35-36-37-38-39-40-41-42-43-44-45-47-49-51-53-55-57-59-61-63-65-67-75(88)84-71(70-94-82-80(93)78(91)81(74(69-86)96-82)97-83-79(92)77(90)76(89)73(68-85)95-83)72(87)66-64-62-60-58-56-54-52-50-48-46-26-24-22-20-18-16-14-12-10-8-6-4-2/h15,17,21,23,71-74,76-83,85-87,89-93H,3-14,16,18-20,22,24-70H2,1-2H3,(H,84,88)/b17-15-,23-21-. The Bertz CT molecular complexity index is 1720. The second-order valence-electron chi connectivity index (χ2n) is 30.0. The topological polar surface area (TPSA) is 228 Å². The monoisotopic (exact) mass is 1380 g/mol. The van der Waals surface area contributed by atoms with Crippen LogP contribution in [0.4, 0.5) is 0 Å². The number of aliphatic hydroxyl groups excluding tert-OH is 8. The Kier molecular flexibility index (Phi) is 63.8. The van der Waals surface area contributed by atoms with Gasteiger partial charge in [0.1, 0.15) is 48.8 Å². The van der Waals surface area contributed by atoms with Crippen LogP contribution in [0.3, 0.4) is 0 Å². The first kappa shape index (κ1) is 91.6. The Balaban J connectivity index is 1.54. The molecule has 574 valence electrons. The molecule has 0 spiro atoms. The number of amides is 1. The molecule has 2 rings (SSSR count). The summed E-state index contributed by atoms with van der Waals surface area (Å²) in [5.74, 6) is -0.196. The lowest BCUT2D eigenvalue weighted by Crippen LogP contribution is -2.65. The summed E-state index contributed by atoms with van der Waals surface area (Å²) in [5.41, 5.74) is 0. The van der Waals surface area contributed by atoms with Gasteiger partial charge in [-0.3, -0.25) is 4.79 Å². The van der Waals surface area contributed by atoms with Crippen molar-refractivity contribution in [2.45, 2.75) is 479 Å². The Morgan fingerprint density at radius 3 is 1.03 bits per heavy atom. The van der Waals surface area contributed by atoms with Gasteiger partial charge in [-0.15, -0.1) is 0 Å². The maximum atomic E-state index is 13.4. The highest BCUT2D eigenvalue weighted by atomic mass is 16.7. The number of carbonyl (C=O) groups excluding carboxylic acids is 1. The van der Waals surface area contributed by atoms with Crippen LogP contribution < -0.4 is 5.32 Å². The number of aliphatic hydroxyl groups is 8. The first-order valence-electron chi connectivity index (χ1n) is 42.1. The summed E-state index contributed by atoms with van der Waals surface area (Å²) in [6, 6.07) is -0.827. The van der Waals surface area contributed by atoms with E-state index in [2.05, 4.69) is 43.5 Å². The molecule has 0 bridgehead atoms. The molecule has 2 heterocycles. The van der Waals surface area contributed by atoms with Crippen LogP contribution in [0.2, 0.25) is 0 Å². The number of hydrogen-bond donors (Lipinski definition) is 9. The van der Waals surface area contributed by atoms with Crippen LogP contribution in [0.1, 0.15) is 406 Å². The lowest BCUT2D eigenvalue weighted by atomic mass is 9.97. The van der Waals surface area contributed by atoms with E-state index in [4.69, 9.17) is 18.9 Å². The molecular formula is C83H159NO13. The van der Waals surface area contributed by atoms with Gasteiger partial charge in [-0.05, 0) is 44.9 Å². The minimum atomic E-state index is -1.78. The zero-order valence-electron chi connectivity index (χ0n) is 63.1. The first-order chi connectivity index (χ1) is 47.6. The van der Waals surface area contributed by atoms with Gasteiger partial charge in [-0.25, -0.2) is 0 Å². The van der Waals surface area contributed by atoms with Crippen LogP contribution in [0.15, 0.2) is 24.3 Å². The molecule has 97 heavy (non-hydrogen) atoms. The number of hydrogen-bond acceptors (Lipinski definition) is 13. The zero-order chi connectivity index (χ0) is 70.1. The van der Waals surface area contributed by atoms with E-state index in [9.17, 15) is 45.6 Å². The van der Waals surface area contributed by atoms with Crippen LogP contribution in [0.25, 0.3) is 0 Å². The quantitative estimate of drug-likeness (QED) is 0.0204. The van der Waals surface area contributed by atoms with E-state index in [-0.39, 0.29) is 12.5 Å². The van der Waals surface area contributed by atoms with Crippen LogP contribution in [0, 0.1) is 0 Å². The molecule has 0 aliphatic carbocycles. The molecule has 2 fully saturated rings. The SMILES string of the molecule is CCCCCCC/C=C\C/C=C\CCCCCCCCCCCCCCCCCCCCCCCCCCCCCCCC(=O)NC(COC1OC(CO)C(OC2OC(CO)C(O)C(O)C2O)C(O)C1O)C(O)CCCCCCCCCCCCCCCCCCCCCCCC. The van der Waals surface area contributed by atoms with Crippen LogP contribution in [-0.2, 0) is 23.7 Å². The number of allylic oxidation sites excluding steroid dienone is 4. The number of nitrogens with one attached hydrogen (secondary N) is 1. The predicted octanol–water partition coefficient (Wildman–Crippen LogP) is 19.4. The third-order valence-corrected chi connectivity index (χ3v) is 20.9. The summed E-state index contributed by atoms with van der Waals surface area (Å²) in [6.07, 6.45) is 71.0. The molecular weight excluding hydrogens is 1220 g/mol. The van der Waals surface area contributed by atoms with Gasteiger partial charge in [0.15, 0.2) is 12.6 Å². The van der Waals surface area contributed by atoms with E-state index >= 15 is 0 Å². The van der Waals surface area contributed by atoms with E-state index in [0.29, 0.717) is 12.8 Å². The highest BCUT2D eigenvalue weighted by Gasteiger charge is 2.51. The van der Waals surface area contributed by atoms with Gasteiger partial charge in [0.2, 0.25) is 5.91 Å². The van der Waals surface area contributed by atoms with Gasteiger partial charge in [-0.2, -0.15) is 0 Å². The van der Waals surface area contributed by atoms with Crippen molar-refractivity contribution in [2.75, 3.05) is 19.8 Å². The highest BCUT2D eigenvalue weighted by molar-refractivity contribution is 5.76. The first-order valence-corrected chi connectivity index (χ1v) is 42.1. The van der Waals surface area contributed by atoms with Crippen molar-refractivity contribution in [2.24, 2.45) is 0 Å². The second kappa shape index (κ2) is 67.6. The highest BCUT2D eigenvalue weighted by Crippen LogP contribution is 2.31. The minimum absolute atomic E-state index is 0.196. The Labute approximate surface area is 596 Å². The van der Waals surface area contributed by atoms with Gasteiger partial charge in [0, 0.05) is 6.42 Å². The average Bonchev–Trinajstić information content (AvgIpc) is 0.794. The van der Waals surface area contributed by atoms with E-state index in [1.165, 1.54) is 321 Å². The third-order valence-electron chi connectivity index (χ3n) is 20.9. The maximum absolute atomic E-state index is 13.4. The molecule has 14 nitrogen and oxygen atoms in total. The maximum Gasteiger partial charge on any atom is 0.220 e. The number of carbonyl (C=O) groups is 1. The molecule has 0 aromatic rings. The van der Waals surface area contributed by atoms with E-state index in [1.54, 1.807) is 0 Å². The molecule has 0 aromatic carbocycles. The number of ether oxygens (including phenoxy) is 4. The lowest BCUT2D eigenvalue weighted by molar-refractivity contribution is -0.359. The second-order valence-corrected chi connectivity index (χ2v) is 30.0. The van der Waals surface area contributed by atoms with E-state index in [0.717, 1.165) is 57.8 Å². The van der Waals surface area contributed by atoms with Crippen molar-refractivity contribution in [1.82, 2.24) is 5.32 Å². The molecule has 0 aromatic heterocycles. The normalized spacial score (nSPS) is 22.2. The Morgan fingerprint density at radius 2 is 0.680 bits per heavy atom. The molecule has 9 N–H and O–H groups in total. The average molecular weight is 1380 g/mol. The van der Waals surface area contributed by atoms with Gasteiger partial charge in [-0.1, -0.05) is 378 Å². The van der Waals surface area contributed by atoms with Crippen molar-refractivity contribution < 1.29 is 64.6 Å². The fourth-order valence-electron chi connectivity index (χ4n) is 14.3. The molecule has 14 heteroatoms. The third kappa shape index (κ3) is 50.5. The predicted molar refractivity (Wildman–Crippen MR) is 402 cm³/mol. The molecule has 0 radical (unpaired) electrons. The van der Waals surface area contributed by atoms with Crippen molar-refractivity contribution in [3.63, 3.8) is 0 Å². The number of rotatable bonds is 72. The van der Waals surface area contributed by atoms with Gasteiger partial charge >= 0.3 is 0 Å². The van der Waals surface area contributed by atoms with E-state index < -0.39 is 86.8 Å². The lowest BCUT2D eigenvalue weighted by Gasteiger charge is -2.46. The Hall–Kier alpha value is -1.53. The van der Waals surface area contributed by atoms with Crippen LogP contribution >= 0.6 is 0 Å². The molecule has 2 aliphatic heterocycles. The van der Waals surface area contributed by atoms with Gasteiger partial charge < -0.3 is 65.1 Å².